The van der Waals surface area contributed by atoms with Crippen LogP contribution < -0.4 is 16.4 Å². The van der Waals surface area contributed by atoms with E-state index in [9.17, 15) is 9.59 Å². The lowest BCUT2D eigenvalue weighted by Gasteiger charge is -2.21. The van der Waals surface area contributed by atoms with Crippen molar-refractivity contribution in [3.8, 4) is 0 Å². The molecule has 1 aromatic carbocycles. The minimum absolute atomic E-state index is 0.103. The first kappa shape index (κ1) is 15.5. The molecule has 1 aliphatic rings. The predicted octanol–water partition coefficient (Wildman–Crippen LogP) is 0.740. The summed E-state index contributed by atoms with van der Waals surface area (Å²) in [4.78, 5) is 24.3. The van der Waals surface area contributed by atoms with Gasteiger partial charge in [-0.1, -0.05) is 12.1 Å². The summed E-state index contributed by atoms with van der Waals surface area (Å²) in [6.07, 6.45) is 1.70. The zero-order valence-corrected chi connectivity index (χ0v) is 11.9. The summed E-state index contributed by atoms with van der Waals surface area (Å²) >= 11 is 0. The summed E-state index contributed by atoms with van der Waals surface area (Å²) in [5.74, 6) is -0.496. The second kappa shape index (κ2) is 7.75. The average molecular weight is 291 g/mol. The number of nitrogens with one attached hydrogen (secondary N) is 2. The van der Waals surface area contributed by atoms with Crippen molar-refractivity contribution >= 4 is 17.5 Å². The van der Waals surface area contributed by atoms with Crippen molar-refractivity contribution in [2.24, 2.45) is 11.7 Å². The SMILES string of the molecule is NCCNC(=O)c1ccccc1NC(=O)C1CCCOC1. The van der Waals surface area contributed by atoms with E-state index in [1.54, 1.807) is 24.3 Å². The summed E-state index contributed by atoms with van der Waals surface area (Å²) in [5.41, 5.74) is 6.33. The van der Waals surface area contributed by atoms with Crippen molar-refractivity contribution in [2.75, 3.05) is 31.6 Å². The number of hydrogen-bond donors (Lipinski definition) is 3. The molecule has 6 nitrogen and oxygen atoms in total. The number of amides is 2. The molecule has 1 heterocycles. The van der Waals surface area contributed by atoms with Crippen LogP contribution in [0.2, 0.25) is 0 Å². The van der Waals surface area contributed by atoms with Gasteiger partial charge in [-0.15, -0.1) is 0 Å². The summed E-state index contributed by atoms with van der Waals surface area (Å²) in [7, 11) is 0. The minimum Gasteiger partial charge on any atom is -0.381 e. The van der Waals surface area contributed by atoms with Gasteiger partial charge in [0, 0.05) is 19.7 Å². The fraction of sp³-hybridized carbons (Fsp3) is 0.467. The van der Waals surface area contributed by atoms with E-state index in [4.69, 9.17) is 10.5 Å². The first-order valence-corrected chi connectivity index (χ1v) is 7.18. The predicted molar refractivity (Wildman–Crippen MR) is 80.0 cm³/mol. The molecule has 1 saturated heterocycles. The number of nitrogens with two attached hydrogens (primary N) is 1. The van der Waals surface area contributed by atoms with Crippen LogP contribution in [-0.4, -0.2) is 38.1 Å². The molecule has 0 spiro atoms. The van der Waals surface area contributed by atoms with Crippen LogP contribution in [0.4, 0.5) is 5.69 Å². The average Bonchev–Trinajstić information content (AvgIpc) is 2.54. The Labute approximate surface area is 124 Å². The van der Waals surface area contributed by atoms with Crippen LogP contribution in [0.3, 0.4) is 0 Å². The normalized spacial score (nSPS) is 18.0. The Balaban J connectivity index is 2.05. The summed E-state index contributed by atoms with van der Waals surface area (Å²) in [5, 5.41) is 5.53. The van der Waals surface area contributed by atoms with E-state index in [0.717, 1.165) is 12.8 Å². The molecule has 114 valence electrons. The van der Waals surface area contributed by atoms with Crippen LogP contribution in [-0.2, 0) is 9.53 Å². The van der Waals surface area contributed by atoms with Gasteiger partial charge in [-0.3, -0.25) is 9.59 Å². The lowest BCUT2D eigenvalue weighted by Crippen LogP contribution is -2.32. The van der Waals surface area contributed by atoms with Gasteiger partial charge < -0.3 is 21.1 Å². The summed E-state index contributed by atoms with van der Waals surface area (Å²) in [6, 6.07) is 6.95. The Kier molecular flexibility index (Phi) is 5.71. The van der Waals surface area contributed by atoms with Crippen molar-refractivity contribution in [3.05, 3.63) is 29.8 Å². The van der Waals surface area contributed by atoms with Crippen LogP contribution >= 0.6 is 0 Å². The van der Waals surface area contributed by atoms with Gasteiger partial charge in [0.05, 0.1) is 23.8 Å². The summed E-state index contributed by atoms with van der Waals surface area (Å²) in [6.45, 7) is 1.92. The number of para-hydroxylation sites is 1. The number of benzene rings is 1. The molecule has 1 aromatic rings. The number of ether oxygens (including phenoxy) is 1. The first-order chi connectivity index (χ1) is 10.2. The smallest absolute Gasteiger partial charge is 0.253 e. The van der Waals surface area contributed by atoms with Crippen LogP contribution in [0.1, 0.15) is 23.2 Å². The largest absolute Gasteiger partial charge is 0.381 e. The molecule has 1 unspecified atom stereocenters. The van der Waals surface area contributed by atoms with Gasteiger partial charge in [-0.2, -0.15) is 0 Å². The molecule has 1 aliphatic heterocycles. The Bertz CT molecular complexity index is 499. The second-order valence-electron chi connectivity index (χ2n) is 4.99. The van der Waals surface area contributed by atoms with Crippen LogP contribution in [0.5, 0.6) is 0 Å². The van der Waals surface area contributed by atoms with Crippen molar-refractivity contribution in [1.82, 2.24) is 5.32 Å². The third-order valence-corrected chi connectivity index (χ3v) is 3.39. The highest BCUT2D eigenvalue weighted by molar-refractivity contribution is 6.04. The van der Waals surface area contributed by atoms with E-state index >= 15 is 0 Å². The maximum atomic E-state index is 12.2. The fourth-order valence-corrected chi connectivity index (χ4v) is 2.25. The third kappa shape index (κ3) is 4.27. The Morgan fingerprint density at radius 1 is 1.33 bits per heavy atom. The molecule has 0 bridgehead atoms. The minimum atomic E-state index is -0.240. The molecule has 0 radical (unpaired) electrons. The number of carbonyl (C=O) groups is 2. The van der Waals surface area contributed by atoms with E-state index in [1.165, 1.54) is 0 Å². The molecule has 0 saturated carbocycles. The van der Waals surface area contributed by atoms with Gasteiger partial charge in [-0.05, 0) is 25.0 Å². The lowest BCUT2D eigenvalue weighted by molar-refractivity contribution is -0.123. The highest BCUT2D eigenvalue weighted by atomic mass is 16.5. The highest BCUT2D eigenvalue weighted by Gasteiger charge is 2.23. The molecule has 0 aliphatic carbocycles. The first-order valence-electron chi connectivity index (χ1n) is 7.18. The number of hydrogen-bond acceptors (Lipinski definition) is 4. The van der Waals surface area contributed by atoms with Crippen LogP contribution in [0.25, 0.3) is 0 Å². The Morgan fingerprint density at radius 2 is 2.14 bits per heavy atom. The standard InChI is InChI=1S/C15H21N3O3/c16-7-8-17-15(20)12-5-1-2-6-13(12)18-14(19)11-4-3-9-21-10-11/h1-2,5-6,11H,3-4,7-10,16H2,(H,17,20)(H,18,19). The molecule has 6 heteroatoms. The molecular formula is C15H21N3O3. The number of carbonyl (C=O) groups excluding carboxylic acids is 2. The van der Waals surface area contributed by atoms with Crippen molar-refractivity contribution in [2.45, 2.75) is 12.8 Å². The highest BCUT2D eigenvalue weighted by Crippen LogP contribution is 2.19. The maximum absolute atomic E-state index is 12.2. The molecule has 1 fully saturated rings. The van der Waals surface area contributed by atoms with Gasteiger partial charge in [0.15, 0.2) is 0 Å². The van der Waals surface area contributed by atoms with Gasteiger partial charge in [0.2, 0.25) is 5.91 Å². The maximum Gasteiger partial charge on any atom is 0.253 e. The van der Waals surface area contributed by atoms with Crippen molar-refractivity contribution in [3.63, 3.8) is 0 Å². The lowest BCUT2D eigenvalue weighted by atomic mass is 10.0. The molecular weight excluding hydrogens is 270 g/mol. The number of rotatable bonds is 5. The van der Waals surface area contributed by atoms with E-state index < -0.39 is 0 Å². The van der Waals surface area contributed by atoms with Crippen LogP contribution in [0, 0.1) is 5.92 Å². The summed E-state index contributed by atoms with van der Waals surface area (Å²) < 4.78 is 5.32. The Hall–Kier alpha value is -1.92. The molecule has 21 heavy (non-hydrogen) atoms. The van der Waals surface area contributed by atoms with Crippen molar-refractivity contribution < 1.29 is 14.3 Å². The quantitative estimate of drug-likeness (QED) is 0.746. The monoisotopic (exact) mass is 291 g/mol. The topological polar surface area (TPSA) is 93.5 Å². The Morgan fingerprint density at radius 3 is 2.86 bits per heavy atom. The molecule has 0 aromatic heterocycles. The second-order valence-corrected chi connectivity index (χ2v) is 4.99. The third-order valence-electron chi connectivity index (χ3n) is 3.39. The molecule has 4 N–H and O–H groups in total. The van der Waals surface area contributed by atoms with Gasteiger partial charge in [0.25, 0.3) is 5.91 Å². The zero-order valence-electron chi connectivity index (χ0n) is 11.9. The van der Waals surface area contributed by atoms with Gasteiger partial charge in [0.1, 0.15) is 0 Å². The van der Waals surface area contributed by atoms with E-state index in [-0.39, 0.29) is 17.7 Å². The molecule has 2 rings (SSSR count). The molecule has 2 amide bonds. The van der Waals surface area contributed by atoms with Gasteiger partial charge >= 0.3 is 0 Å². The zero-order chi connectivity index (χ0) is 15.1. The van der Waals surface area contributed by atoms with E-state index in [0.29, 0.717) is 37.6 Å². The van der Waals surface area contributed by atoms with Crippen LogP contribution in [0.15, 0.2) is 24.3 Å². The van der Waals surface area contributed by atoms with Gasteiger partial charge in [-0.25, -0.2) is 0 Å². The molecule has 1 atom stereocenters. The van der Waals surface area contributed by atoms with E-state index in [1.807, 2.05) is 0 Å². The fourth-order valence-electron chi connectivity index (χ4n) is 2.25. The van der Waals surface area contributed by atoms with E-state index in [2.05, 4.69) is 10.6 Å². The number of anilines is 1. The van der Waals surface area contributed by atoms with Crippen molar-refractivity contribution in [1.29, 1.82) is 0 Å².